The molecular weight excluding hydrogens is 658 g/mol. The number of alkyl halides is 4. The average Bonchev–Trinajstić information content (AvgIpc) is 2.69. The summed E-state index contributed by atoms with van der Waals surface area (Å²) in [6, 6.07) is 0. The van der Waals surface area contributed by atoms with E-state index >= 15 is 0 Å². The fourth-order valence-corrected chi connectivity index (χ4v) is 9.26. The lowest BCUT2D eigenvalue weighted by Gasteiger charge is -2.59. The Morgan fingerprint density at radius 2 is 0.750 bits per heavy atom. The molecule has 0 radical (unpaired) electrons. The van der Waals surface area contributed by atoms with E-state index in [9.17, 15) is 28.0 Å². The second kappa shape index (κ2) is 14.0. The Balaban J connectivity index is 7.79. The van der Waals surface area contributed by atoms with Gasteiger partial charge in [-0.15, -0.1) is 46.4 Å². The van der Waals surface area contributed by atoms with E-state index in [1.165, 1.54) is 27.7 Å². The van der Waals surface area contributed by atoms with Crippen molar-refractivity contribution in [3.05, 3.63) is 0 Å². The second-order valence-corrected chi connectivity index (χ2v) is 14.8. The molecule has 0 bridgehead atoms. The molecule has 218 valence electrons. The van der Waals surface area contributed by atoms with Gasteiger partial charge in [0, 0.05) is 47.2 Å². The zero-order valence-electron chi connectivity index (χ0n) is 19.4. The molecule has 0 aliphatic carbocycles. The zero-order chi connectivity index (χ0) is 29.0. The highest BCUT2D eigenvalue weighted by Crippen LogP contribution is 2.68. The van der Waals surface area contributed by atoms with Crippen molar-refractivity contribution < 1.29 is 65.3 Å². The molecule has 0 spiro atoms. The molecule has 6 unspecified atom stereocenters. The molecule has 6 atom stereocenters. The lowest BCUT2D eigenvalue weighted by molar-refractivity contribution is -0.219. The molecule has 0 fully saturated rings. The van der Waals surface area contributed by atoms with E-state index < -0.39 is 89.7 Å². The normalized spacial score (nSPS) is 23.4. The monoisotopic (exact) mass is 686 g/mol. The van der Waals surface area contributed by atoms with Crippen LogP contribution in [0.2, 0.25) is 0 Å². The van der Waals surface area contributed by atoms with Gasteiger partial charge in [0.15, 0.2) is 0 Å². The summed E-state index contributed by atoms with van der Waals surface area (Å²) in [5.41, 5.74) is -4.98. The van der Waals surface area contributed by atoms with Crippen molar-refractivity contribution in [3.8, 4) is 0 Å². The molecule has 0 saturated carbocycles. The van der Waals surface area contributed by atoms with Crippen LogP contribution in [0.15, 0.2) is 0 Å². The maximum atomic E-state index is 12.9. The number of halogens is 4. The smallest absolute Gasteiger partial charge is 0.302 e. The number of phosphoric ester groups is 2. The highest BCUT2D eigenvalue weighted by molar-refractivity contribution is 7.61. The molecule has 6 N–H and O–H groups in total. The average molecular weight is 688 g/mol. The maximum Gasteiger partial charge on any atom is 0.481 e. The second-order valence-electron chi connectivity index (χ2n) is 8.07. The molecule has 0 saturated heterocycles. The maximum absolute atomic E-state index is 12.9. The molecule has 0 heterocycles. The first-order valence-electron chi connectivity index (χ1n) is 9.85. The van der Waals surface area contributed by atoms with E-state index in [1.54, 1.807) is 0 Å². The summed E-state index contributed by atoms with van der Waals surface area (Å²) in [6.07, 6.45) is 0. The summed E-state index contributed by atoms with van der Waals surface area (Å²) >= 11 is 24.3. The molecule has 0 rings (SSSR count). The van der Waals surface area contributed by atoms with Gasteiger partial charge in [0.05, 0.1) is 0 Å². The Hall–Kier alpha value is 1.68. The van der Waals surface area contributed by atoms with Gasteiger partial charge in [-0.3, -0.25) is 9.05 Å². The minimum atomic E-state index is -5.79. The third-order valence-electron chi connectivity index (χ3n) is 5.42. The van der Waals surface area contributed by atoms with Crippen molar-refractivity contribution in [3.63, 3.8) is 0 Å². The molecule has 0 aromatic rings. The third-order valence-corrected chi connectivity index (χ3v) is 11.7. The van der Waals surface area contributed by atoms with Gasteiger partial charge in [0.25, 0.3) is 0 Å². The van der Waals surface area contributed by atoms with Crippen LogP contribution in [-0.4, -0.2) is 64.1 Å². The number of hydrogen-bond donors (Lipinski definition) is 6. The van der Waals surface area contributed by atoms with E-state index in [-0.39, 0.29) is 0 Å². The molecule has 0 aromatic carbocycles. The van der Waals surface area contributed by atoms with Crippen molar-refractivity contribution in [2.75, 3.05) is 23.5 Å². The van der Waals surface area contributed by atoms with Crippen LogP contribution in [-0.2, 0) is 35.9 Å². The minimum Gasteiger partial charge on any atom is -0.302 e. The Morgan fingerprint density at radius 3 is 0.889 bits per heavy atom. The Labute approximate surface area is 228 Å². The van der Waals surface area contributed by atoms with Crippen LogP contribution in [0.4, 0.5) is 0 Å². The van der Waals surface area contributed by atoms with Crippen molar-refractivity contribution in [1.29, 1.82) is 0 Å². The zero-order valence-corrected chi connectivity index (χ0v) is 26.0. The van der Waals surface area contributed by atoms with Gasteiger partial charge >= 0.3 is 31.3 Å². The van der Waals surface area contributed by atoms with Crippen LogP contribution in [0.5, 0.6) is 0 Å². The van der Waals surface area contributed by atoms with Crippen LogP contribution in [0, 0.1) is 23.7 Å². The summed E-state index contributed by atoms with van der Waals surface area (Å²) in [4.78, 5) is 57.2. The van der Waals surface area contributed by atoms with Gasteiger partial charge in [-0.2, -0.15) is 8.62 Å². The first-order valence-corrected chi connectivity index (χ1v) is 18.0. The Morgan fingerprint density at radius 1 is 0.556 bits per heavy atom. The standard InChI is InChI=1S/C14H30Cl4O14P4/c1-9(5-15)13(10(2)6-16,29-35(25,26)31-33(19,20)21)14(11(3)7-17,12(4)8-18)30-36(27,28)32-34(22,23)24/h9-12H,5-8H2,1-4H3,(H,25,26)(H,27,28)(H2,19,20,21)(H2,22,23,24). The van der Waals surface area contributed by atoms with Crippen molar-refractivity contribution in [1.82, 2.24) is 0 Å². The van der Waals surface area contributed by atoms with E-state index in [1.807, 2.05) is 0 Å². The van der Waals surface area contributed by atoms with Crippen LogP contribution in [0.3, 0.4) is 0 Å². The number of rotatable bonds is 17. The van der Waals surface area contributed by atoms with Gasteiger partial charge in [0.1, 0.15) is 11.2 Å². The highest BCUT2D eigenvalue weighted by atomic mass is 35.5. The fraction of sp³-hybridized carbons (Fsp3) is 1.00. The summed E-state index contributed by atoms with van der Waals surface area (Å²) in [7, 11) is -22.9. The summed E-state index contributed by atoms with van der Waals surface area (Å²) in [5, 5.41) is 0. The van der Waals surface area contributed by atoms with E-state index in [0.29, 0.717) is 0 Å². The molecule has 0 aromatic heterocycles. The Kier molecular flexibility index (Phi) is 14.7. The molecule has 36 heavy (non-hydrogen) atoms. The van der Waals surface area contributed by atoms with E-state index in [4.69, 9.17) is 75.0 Å². The van der Waals surface area contributed by atoms with Crippen LogP contribution < -0.4 is 0 Å². The SMILES string of the molecule is CC(CCl)C(OP(=O)(O)OP(=O)(O)O)(C(C)CCl)C(OP(=O)(O)OP(=O)(O)O)(C(C)CCl)C(C)CCl. The van der Waals surface area contributed by atoms with E-state index in [0.717, 1.165) is 0 Å². The first-order chi connectivity index (χ1) is 16.0. The van der Waals surface area contributed by atoms with Crippen LogP contribution in [0.25, 0.3) is 0 Å². The van der Waals surface area contributed by atoms with Crippen LogP contribution in [0.1, 0.15) is 27.7 Å². The van der Waals surface area contributed by atoms with E-state index in [2.05, 4.69) is 8.62 Å². The van der Waals surface area contributed by atoms with Gasteiger partial charge in [0.2, 0.25) is 0 Å². The molecule has 14 nitrogen and oxygen atoms in total. The van der Waals surface area contributed by atoms with Crippen molar-refractivity contribution in [2.24, 2.45) is 23.7 Å². The van der Waals surface area contributed by atoms with Gasteiger partial charge in [-0.05, 0) is 0 Å². The number of hydrogen-bond acceptors (Lipinski definition) is 8. The quantitative estimate of drug-likeness (QED) is 0.0919. The highest BCUT2D eigenvalue weighted by Gasteiger charge is 2.68. The largest absolute Gasteiger partial charge is 0.481 e. The predicted molar refractivity (Wildman–Crippen MR) is 133 cm³/mol. The molecule has 0 aliphatic rings. The van der Waals surface area contributed by atoms with Crippen molar-refractivity contribution >= 4 is 77.7 Å². The Bertz CT molecular complexity index is 820. The molecule has 22 heteroatoms. The predicted octanol–water partition coefficient (Wildman–Crippen LogP) is 4.42. The van der Waals surface area contributed by atoms with Gasteiger partial charge in [-0.25, -0.2) is 18.3 Å². The number of phosphoric acid groups is 4. The third kappa shape index (κ3) is 9.65. The fourth-order valence-electron chi connectivity index (χ4n) is 4.16. The van der Waals surface area contributed by atoms with Crippen LogP contribution >= 0.6 is 77.7 Å². The first kappa shape index (κ1) is 37.7. The van der Waals surface area contributed by atoms with Gasteiger partial charge in [-0.1, -0.05) is 27.7 Å². The van der Waals surface area contributed by atoms with Crippen molar-refractivity contribution in [2.45, 2.75) is 38.9 Å². The molecular formula is C14H30Cl4O14P4. The molecule has 0 amide bonds. The van der Waals surface area contributed by atoms with Gasteiger partial charge < -0.3 is 29.4 Å². The summed E-state index contributed by atoms with van der Waals surface area (Å²) in [6.45, 7) is 5.28. The summed E-state index contributed by atoms with van der Waals surface area (Å²) in [5.74, 6) is -6.66. The topological polar surface area (TPSA) is 227 Å². The summed E-state index contributed by atoms with van der Waals surface area (Å²) < 4.78 is 67.2. The lowest BCUT2D eigenvalue weighted by Crippen LogP contribution is -2.70. The minimum absolute atomic E-state index is 0.443. The lowest BCUT2D eigenvalue weighted by atomic mass is 9.59. The molecule has 0 aliphatic heterocycles.